The van der Waals surface area contributed by atoms with Crippen molar-refractivity contribution in [3.05, 3.63) is 53.1 Å². The van der Waals surface area contributed by atoms with Gasteiger partial charge in [0.1, 0.15) is 10.7 Å². The molecular formula is C14H16FN3O3S. The molecule has 2 aromatic rings. The van der Waals surface area contributed by atoms with Crippen molar-refractivity contribution in [2.24, 2.45) is 12.2 Å². The van der Waals surface area contributed by atoms with Crippen LogP contribution in [-0.2, 0) is 23.6 Å². The van der Waals surface area contributed by atoms with Crippen molar-refractivity contribution >= 4 is 15.9 Å². The van der Waals surface area contributed by atoms with Crippen LogP contribution in [0.2, 0.25) is 0 Å². The average molecular weight is 325 g/mol. The third-order valence-corrected chi connectivity index (χ3v) is 4.35. The molecule has 0 spiro atoms. The normalized spacial score (nSPS) is 11.5. The first-order chi connectivity index (χ1) is 10.2. The summed E-state index contributed by atoms with van der Waals surface area (Å²) in [7, 11) is -2.27. The van der Waals surface area contributed by atoms with E-state index in [9.17, 15) is 17.6 Å². The summed E-state index contributed by atoms with van der Waals surface area (Å²) < 4.78 is 37.9. The van der Waals surface area contributed by atoms with Crippen LogP contribution < -0.4 is 10.5 Å². The molecule has 118 valence electrons. The zero-order chi connectivity index (χ0) is 16.5. The first-order valence-electron chi connectivity index (χ1n) is 6.42. The third-order valence-electron chi connectivity index (χ3n) is 3.41. The van der Waals surface area contributed by atoms with Crippen molar-refractivity contribution in [2.45, 2.75) is 18.4 Å². The quantitative estimate of drug-likeness (QED) is 0.880. The van der Waals surface area contributed by atoms with Crippen molar-refractivity contribution in [1.82, 2.24) is 9.88 Å². The number of aryl methyl sites for hydroxylation is 1. The van der Waals surface area contributed by atoms with E-state index in [1.165, 1.54) is 6.07 Å². The molecule has 22 heavy (non-hydrogen) atoms. The SMILES string of the molecule is Cc1ccc(CNC(=O)c2ccc(S(N)(=O)=O)c(F)c2)n1C. The number of nitrogens with two attached hydrogens (primary N) is 1. The van der Waals surface area contributed by atoms with E-state index in [2.05, 4.69) is 5.32 Å². The second kappa shape index (κ2) is 5.90. The Morgan fingerprint density at radius 3 is 2.50 bits per heavy atom. The van der Waals surface area contributed by atoms with Crippen molar-refractivity contribution in [1.29, 1.82) is 0 Å². The molecule has 3 N–H and O–H groups in total. The van der Waals surface area contributed by atoms with E-state index >= 15 is 0 Å². The maximum Gasteiger partial charge on any atom is 0.251 e. The number of halogens is 1. The first kappa shape index (κ1) is 16.2. The van der Waals surface area contributed by atoms with Gasteiger partial charge in [0.15, 0.2) is 0 Å². The highest BCUT2D eigenvalue weighted by Gasteiger charge is 2.16. The van der Waals surface area contributed by atoms with Gasteiger partial charge in [0, 0.05) is 24.0 Å². The number of rotatable bonds is 4. The molecule has 1 aromatic carbocycles. The lowest BCUT2D eigenvalue weighted by atomic mass is 10.2. The largest absolute Gasteiger partial charge is 0.350 e. The summed E-state index contributed by atoms with van der Waals surface area (Å²) in [6.07, 6.45) is 0. The molecule has 0 fully saturated rings. The number of hydrogen-bond donors (Lipinski definition) is 2. The van der Waals surface area contributed by atoms with E-state index in [1.54, 1.807) is 0 Å². The Morgan fingerprint density at radius 2 is 2.00 bits per heavy atom. The maximum absolute atomic E-state index is 13.7. The first-order valence-corrected chi connectivity index (χ1v) is 7.96. The second-order valence-electron chi connectivity index (χ2n) is 4.90. The summed E-state index contributed by atoms with van der Waals surface area (Å²) in [6.45, 7) is 2.22. The molecule has 1 heterocycles. The number of nitrogens with one attached hydrogen (secondary N) is 1. The van der Waals surface area contributed by atoms with Gasteiger partial charge in [-0.1, -0.05) is 0 Å². The number of sulfonamides is 1. The lowest BCUT2D eigenvalue weighted by Gasteiger charge is -2.08. The van der Waals surface area contributed by atoms with Crippen LogP contribution in [0, 0.1) is 12.7 Å². The third kappa shape index (κ3) is 3.34. The van der Waals surface area contributed by atoms with E-state index in [0.29, 0.717) is 0 Å². The predicted octanol–water partition coefficient (Wildman–Crippen LogP) is 1.05. The fourth-order valence-electron chi connectivity index (χ4n) is 1.99. The Morgan fingerprint density at radius 1 is 1.32 bits per heavy atom. The fourth-order valence-corrected chi connectivity index (χ4v) is 2.58. The summed E-state index contributed by atoms with van der Waals surface area (Å²) in [4.78, 5) is 11.3. The van der Waals surface area contributed by atoms with Gasteiger partial charge < -0.3 is 9.88 Å². The Labute approximate surface area is 127 Å². The molecule has 6 nitrogen and oxygen atoms in total. The van der Waals surface area contributed by atoms with Crippen LogP contribution in [0.15, 0.2) is 35.2 Å². The van der Waals surface area contributed by atoms with Gasteiger partial charge in [-0.05, 0) is 37.3 Å². The number of primary sulfonamides is 1. The van der Waals surface area contributed by atoms with Crippen molar-refractivity contribution < 1.29 is 17.6 Å². The summed E-state index contributed by atoms with van der Waals surface area (Å²) in [5.74, 6) is -1.55. The van der Waals surface area contributed by atoms with E-state index < -0.39 is 26.6 Å². The van der Waals surface area contributed by atoms with Gasteiger partial charge in [0.25, 0.3) is 5.91 Å². The van der Waals surface area contributed by atoms with Crippen molar-refractivity contribution in [3.8, 4) is 0 Å². The molecular weight excluding hydrogens is 309 g/mol. The average Bonchev–Trinajstić information content (AvgIpc) is 2.74. The smallest absolute Gasteiger partial charge is 0.251 e. The molecule has 0 saturated carbocycles. The number of benzene rings is 1. The van der Waals surface area contributed by atoms with Crippen LogP contribution >= 0.6 is 0 Å². The zero-order valence-corrected chi connectivity index (χ0v) is 12.9. The minimum absolute atomic E-state index is 0.0239. The Bertz CT molecular complexity index is 828. The van der Waals surface area contributed by atoms with Gasteiger partial charge in [-0.3, -0.25) is 4.79 Å². The molecule has 0 aliphatic rings. The number of hydrogen-bond acceptors (Lipinski definition) is 3. The highest BCUT2D eigenvalue weighted by molar-refractivity contribution is 7.89. The lowest BCUT2D eigenvalue weighted by Crippen LogP contribution is -2.24. The van der Waals surface area contributed by atoms with Gasteiger partial charge in [-0.2, -0.15) is 0 Å². The molecule has 1 aromatic heterocycles. The number of aromatic nitrogens is 1. The summed E-state index contributed by atoms with van der Waals surface area (Å²) in [6, 6.07) is 6.84. The molecule has 0 saturated heterocycles. The van der Waals surface area contributed by atoms with Crippen LogP contribution in [0.3, 0.4) is 0 Å². The fraction of sp³-hybridized carbons (Fsp3) is 0.214. The minimum Gasteiger partial charge on any atom is -0.350 e. The Balaban J connectivity index is 2.14. The van der Waals surface area contributed by atoms with Gasteiger partial charge in [-0.15, -0.1) is 0 Å². The van der Waals surface area contributed by atoms with Crippen LogP contribution in [0.25, 0.3) is 0 Å². The number of carbonyl (C=O) groups is 1. The minimum atomic E-state index is -4.14. The summed E-state index contributed by atoms with van der Waals surface area (Å²) >= 11 is 0. The monoisotopic (exact) mass is 325 g/mol. The summed E-state index contributed by atoms with van der Waals surface area (Å²) in [5, 5.41) is 7.51. The highest BCUT2D eigenvalue weighted by Crippen LogP contribution is 2.15. The van der Waals surface area contributed by atoms with Crippen LogP contribution in [0.4, 0.5) is 4.39 Å². The van der Waals surface area contributed by atoms with Gasteiger partial charge in [-0.25, -0.2) is 17.9 Å². The Kier molecular flexibility index (Phi) is 4.34. The maximum atomic E-state index is 13.7. The van der Waals surface area contributed by atoms with Crippen LogP contribution in [-0.4, -0.2) is 18.9 Å². The van der Waals surface area contributed by atoms with E-state index in [1.807, 2.05) is 30.7 Å². The lowest BCUT2D eigenvalue weighted by molar-refractivity contribution is 0.0949. The summed E-state index contributed by atoms with van der Waals surface area (Å²) in [5.41, 5.74) is 1.97. The second-order valence-corrected chi connectivity index (χ2v) is 6.43. The van der Waals surface area contributed by atoms with E-state index in [0.717, 1.165) is 23.5 Å². The molecule has 0 aliphatic carbocycles. The zero-order valence-electron chi connectivity index (χ0n) is 12.1. The molecule has 0 unspecified atom stereocenters. The number of amides is 1. The molecule has 0 bridgehead atoms. The van der Waals surface area contributed by atoms with Crippen LogP contribution in [0.5, 0.6) is 0 Å². The highest BCUT2D eigenvalue weighted by atomic mass is 32.2. The number of carbonyl (C=O) groups excluding carboxylic acids is 1. The van der Waals surface area contributed by atoms with E-state index in [-0.39, 0.29) is 12.1 Å². The standard InChI is InChI=1S/C14H16FN3O3S/c1-9-3-5-11(18(9)2)8-17-14(19)10-4-6-13(12(15)7-10)22(16,20)21/h3-7H,8H2,1-2H3,(H,17,19)(H2,16,20,21). The molecule has 0 atom stereocenters. The number of nitrogens with zero attached hydrogens (tertiary/aromatic N) is 1. The molecule has 2 rings (SSSR count). The van der Waals surface area contributed by atoms with Gasteiger partial charge in [0.2, 0.25) is 10.0 Å². The van der Waals surface area contributed by atoms with Crippen molar-refractivity contribution in [2.75, 3.05) is 0 Å². The molecule has 1 amide bonds. The predicted molar refractivity (Wildman–Crippen MR) is 79.1 cm³/mol. The van der Waals surface area contributed by atoms with Gasteiger partial charge >= 0.3 is 0 Å². The van der Waals surface area contributed by atoms with Gasteiger partial charge in [0.05, 0.1) is 6.54 Å². The van der Waals surface area contributed by atoms with Crippen LogP contribution in [0.1, 0.15) is 21.7 Å². The molecule has 0 radical (unpaired) electrons. The van der Waals surface area contributed by atoms with Crippen molar-refractivity contribution in [3.63, 3.8) is 0 Å². The molecule has 0 aliphatic heterocycles. The topological polar surface area (TPSA) is 94.2 Å². The molecule has 8 heteroatoms. The van der Waals surface area contributed by atoms with E-state index in [4.69, 9.17) is 5.14 Å². The Hall–Kier alpha value is -2.19.